The number of nitrogens with one attached hydrogen (secondary N) is 2. The molecular weight excluding hydrogens is 350 g/mol. The fourth-order valence-electron chi connectivity index (χ4n) is 3.77. The van der Waals surface area contributed by atoms with Crippen LogP contribution in [-0.2, 0) is 12.8 Å². The average molecular weight is 388 g/mol. The van der Waals surface area contributed by atoms with Crippen molar-refractivity contribution in [2.75, 3.05) is 66.0 Å². The van der Waals surface area contributed by atoms with Crippen LogP contribution in [0.2, 0.25) is 0 Å². The number of aliphatic imine (C=N–C) groups is 1. The summed E-state index contributed by atoms with van der Waals surface area (Å²) in [6.07, 6.45) is 4.41. The van der Waals surface area contributed by atoms with Crippen LogP contribution in [0.3, 0.4) is 0 Å². The van der Waals surface area contributed by atoms with Crippen LogP contribution in [0.4, 0.5) is 0 Å². The van der Waals surface area contributed by atoms with Gasteiger partial charge < -0.3 is 25.2 Å². The zero-order valence-electron chi connectivity index (χ0n) is 17.7. The predicted octanol–water partition coefficient (Wildman–Crippen LogP) is 1.75. The lowest BCUT2D eigenvalue weighted by Gasteiger charge is -2.32. The van der Waals surface area contributed by atoms with Gasteiger partial charge in [0.15, 0.2) is 5.96 Å². The highest BCUT2D eigenvalue weighted by Gasteiger charge is 2.13. The van der Waals surface area contributed by atoms with Gasteiger partial charge in [0, 0.05) is 52.2 Å². The lowest BCUT2D eigenvalue weighted by atomic mass is 10.1. The van der Waals surface area contributed by atoms with Crippen LogP contribution >= 0.6 is 0 Å². The van der Waals surface area contributed by atoms with E-state index in [0.717, 1.165) is 57.2 Å². The molecule has 2 heterocycles. The molecule has 0 aromatic heterocycles. The van der Waals surface area contributed by atoms with E-state index in [1.807, 2.05) is 0 Å². The van der Waals surface area contributed by atoms with Gasteiger partial charge in [0.1, 0.15) is 5.75 Å². The molecule has 2 aliphatic rings. The van der Waals surface area contributed by atoms with Gasteiger partial charge in [0.05, 0.1) is 6.61 Å². The van der Waals surface area contributed by atoms with Gasteiger partial charge >= 0.3 is 0 Å². The number of hydrogen-bond acceptors (Lipinski definition) is 4. The van der Waals surface area contributed by atoms with E-state index in [1.54, 1.807) is 0 Å². The zero-order valence-corrected chi connectivity index (χ0v) is 17.7. The molecule has 3 rings (SSSR count). The highest BCUT2D eigenvalue weighted by atomic mass is 16.5. The summed E-state index contributed by atoms with van der Waals surface area (Å²) in [5, 5.41) is 6.83. The first-order chi connectivity index (χ1) is 13.7. The first kappa shape index (κ1) is 20.9. The summed E-state index contributed by atoms with van der Waals surface area (Å²) < 4.78 is 5.59. The van der Waals surface area contributed by atoms with Crippen molar-refractivity contribution >= 4 is 5.96 Å². The number of piperazine rings is 1. The van der Waals surface area contributed by atoms with E-state index in [4.69, 9.17) is 9.73 Å². The Morgan fingerprint density at radius 2 is 2.00 bits per heavy atom. The van der Waals surface area contributed by atoms with E-state index in [2.05, 4.69) is 52.6 Å². The van der Waals surface area contributed by atoms with Crippen LogP contribution in [-0.4, -0.2) is 81.8 Å². The maximum atomic E-state index is 5.59. The number of likely N-dealkylation sites (N-methyl/N-ethyl adjacent to an activating group) is 1. The summed E-state index contributed by atoms with van der Waals surface area (Å²) in [5.41, 5.74) is 2.71. The van der Waals surface area contributed by atoms with E-state index in [1.165, 1.54) is 50.3 Å². The first-order valence-electron chi connectivity index (χ1n) is 10.9. The monoisotopic (exact) mass is 387 g/mol. The van der Waals surface area contributed by atoms with Crippen LogP contribution in [0, 0.1) is 0 Å². The summed E-state index contributed by atoms with van der Waals surface area (Å²) >= 11 is 0. The minimum absolute atomic E-state index is 0.822. The standard InChI is InChI=1S/C22H37N5O/c1-3-23-22(24-10-4-5-12-27-15-13-26(2)14-16-27)25-11-8-19-6-7-21-20(18-19)9-17-28-21/h6-7,18H,3-5,8-17H2,1-2H3,(H2,23,24,25). The molecule has 0 spiro atoms. The molecule has 6 nitrogen and oxygen atoms in total. The average Bonchev–Trinajstić information content (AvgIpc) is 3.17. The Kier molecular flexibility index (Phi) is 8.42. The summed E-state index contributed by atoms with van der Waals surface area (Å²) in [5.74, 6) is 2.00. The van der Waals surface area contributed by atoms with Gasteiger partial charge in [-0.25, -0.2) is 0 Å². The van der Waals surface area contributed by atoms with E-state index < -0.39 is 0 Å². The van der Waals surface area contributed by atoms with Crippen molar-refractivity contribution in [3.8, 4) is 5.75 Å². The van der Waals surface area contributed by atoms with E-state index in [0.29, 0.717) is 0 Å². The smallest absolute Gasteiger partial charge is 0.191 e. The van der Waals surface area contributed by atoms with Gasteiger partial charge in [-0.2, -0.15) is 0 Å². The summed E-state index contributed by atoms with van der Waals surface area (Å²) in [6.45, 7) is 11.6. The van der Waals surface area contributed by atoms with Crippen molar-refractivity contribution in [2.45, 2.75) is 32.6 Å². The molecule has 156 valence electrons. The molecule has 0 aliphatic carbocycles. The van der Waals surface area contributed by atoms with Crippen molar-refractivity contribution in [3.63, 3.8) is 0 Å². The predicted molar refractivity (Wildman–Crippen MR) is 116 cm³/mol. The molecule has 0 amide bonds. The number of benzene rings is 1. The number of hydrogen-bond donors (Lipinski definition) is 2. The van der Waals surface area contributed by atoms with Crippen molar-refractivity contribution in [3.05, 3.63) is 29.3 Å². The third-order valence-electron chi connectivity index (χ3n) is 5.55. The van der Waals surface area contributed by atoms with Gasteiger partial charge in [-0.15, -0.1) is 0 Å². The lowest BCUT2D eigenvalue weighted by Crippen LogP contribution is -2.44. The summed E-state index contributed by atoms with van der Waals surface area (Å²) in [6, 6.07) is 6.57. The molecule has 0 saturated carbocycles. The Hall–Kier alpha value is -1.79. The Balaban J connectivity index is 1.33. The molecule has 1 aromatic rings. The molecule has 28 heavy (non-hydrogen) atoms. The third kappa shape index (κ3) is 6.67. The van der Waals surface area contributed by atoms with E-state index in [9.17, 15) is 0 Å². The van der Waals surface area contributed by atoms with E-state index >= 15 is 0 Å². The summed E-state index contributed by atoms with van der Waals surface area (Å²) in [4.78, 5) is 9.73. The number of fused-ring (bicyclic) bond motifs is 1. The highest BCUT2D eigenvalue weighted by molar-refractivity contribution is 5.79. The maximum absolute atomic E-state index is 5.59. The van der Waals surface area contributed by atoms with Gasteiger partial charge in [0.25, 0.3) is 0 Å². The van der Waals surface area contributed by atoms with E-state index in [-0.39, 0.29) is 0 Å². The molecular formula is C22H37N5O. The Bertz CT molecular complexity index is 625. The number of rotatable bonds is 9. The second-order valence-corrected chi connectivity index (χ2v) is 7.83. The molecule has 0 bridgehead atoms. The van der Waals surface area contributed by atoms with Crippen molar-refractivity contribution in [2.24, 2.45) is 4.99 Å². The number of unbranched alkanes of at least 4 members (excludes halogenated alkanes) is 1. The number of guanidine groups is 1. The van der Waals surface area contributed by atoms with Crippen LogP contribution < -0.4 is 15.4 Å². The van der Waals surface area contributed by atoms with Crippen molar-refractivity contribution in [1.29, 1.82) is 0 Å². The molecule has 1 fully saturated rings. The SMILES string of the molecule is CCNC(=NCCCCN1CCN(C)CC1)NCCc1ccc2c(c1)CCO2. The molecule has 1 aromatic carbocycles. The third-order valence-corrected chi connectivity index (χ3v) is 5.55. The Labute approximate surface area is 170 Å². The van der Waals surface area contributed by atoms with Crippen molar-refractivity contribution < 1.29 is 4.74 Å². The fraction of sp³-hybridized carbons (Fsp3) is 0.682. The first-order valence-corrected chi connectivity index (χ1v) is 10.9. The second kappa shape index (κ2) is 11.3. The topological polar surface area (TPSA) is 52.1 Å². The second-order valence-electron chi connectivity index (χ2n) is 7.83. The maximum Gasteiger partial charge on any atom is 0.191 e. The number of nitrogens with zero attached hydrogens (tertiary/aromatic N) is 3. The van der Waals surface area contributed by atoms with Crippen LogP contribution in [0.5, 0.6) is 5.75 Å². The highest BCUT2D eigenvalue weighted by Crippen LogP contribution is 2.25. The lowest BCUT2D eigenvalue weighted by molar-refractivity contribution is 0.152. The van der Waals surface area contributed by atoms with Gasteiger partial charge in [0.2, 0.25) is 0 Å². The van der Waals surface area contributed by atoms with Gasteiger partial charge in [-0.3, -0.25) is 4.99 Å². The molecule has 6 heteroatoms. The van der Waals surface area contributed by atoms with Crippen molar-refractivity contribution in [1.82, 2.24) is 20.4 Å². The quantitative estimate of drug-likeness (QED) is 0.384. The molecule has 0 unspecified atom stereocenters. The molecule has 2 N–H and O–H groups in total. The fourth-order valence-corrected chi connectivity index (χ4v) is 3.77. The molecule has 2 aliphatic heterocycles. The van der Waals surface area contributed by atoms with Crippen LogP contribution in [0.25, 0.3) is 0 Å². The Morgan fingerprint density at radius 1 is 1.14 bits per heavy atom. The van der Waals surface area contributed by atoms with Crippen LogP contribution in [0.15, 0.2) is 23.2 Å². The largest absolute Gasteiger partial charge is 0.493 e. The Morgan fingerprint density at radius 3 is 2.82 bits per heavy atom. The summed E-state index contributed by atoms with van der Waals surface area (Å²) in [7, 11) is 2.21. The number of ether oxygens (including phenoxy) is 1. The minimum atomic E-state index is 0.822. The minimum Gasteiger partial charge on any atom is -0.493 e. The zero-order chi connectivity index (χ0) is 19.6. The van der Waals surface area contributed by atoms with Gasteiger partial charge in [-0.05, 0) is 57.0 Å². The molecule has 1 saturated heterocycles. The van der Waals surface area contributed by atoms with Crippen LogP contribution in [0.1, 0.15) is 30.9 Å². The normalized spacial score (nSPS) is 18.0. The molecule has 0 radical (unpaired) electrons. The van der Waals surface area contributed by atoms with Gasteiger partial charge in [-0.1, -0.05) is 12.1 Å². The molecule has 0 atom stereocenters.